The second-order valence-electron chi connectivity index (χ2n) is 7.05. The van der Waals surface area contributed by atoms with Gasteiger partial charge in [-0.3, -0.25) is 14.6 Å². The number of hydrogen-bond acceptors (Lipinski definition) is 7. The summed E-state index contributed by atoms with van der Waals surface area (Å²) in [6.45, 7) is 0. The number of rotatable bonds is 2. The van der Waals surface area contributed by atoms with Crippen LogP contribution >= 0.6 is 0 Å². The number of aromatic hydroxyl groups is 2. The molecule has 7 nitrogen and oxygen atoms in total. The van der Waals surface area contributed by atoms with E-state index in [1.165, 1.54) is 24.5 Å². The van der Waals surface area contributed by atoms with E-state index in [0.29, 0.717) is 11.1 Å². The van der Waals surface area contributed by atoms with Gasteiger partial charge < -0.3 is 19.4 Å². The number of carbonyl (C=O) groups is 1. The van der Waals surface area contributed by atoms with Gasteiger partial charge in [0.1, 0.15) is 34.5 Å². The molecule has 0 bridgehead atoms. The molecule has 0 saturated heterocycles. The second kappa shape index (κ2) is 6.73. The number of hydrogen-bond donors (Lipinski definition) is 2. The summed E-state index contributed by atoms with van der Waals surface area (Å²) in [6, 6.07) is 11.0. The standard InChI is InChI=1S/C23H15NO6/c25-14-3-1-12(2-4-14)16-11-29-23-20-15(13-5-7-24-8-6-13)9-19(27)30-18(20)10-17(26)21(23)22(16)28/h1-8,10-11,15,25-26H,9H2/t15-/m1/s1. The van der Waals surface area contributed by atoms with Crippen LogP contribution in [0.3, 0.4) is 0 Å². The highest BCUT2D eigenvalue weighted by Crippen LogP contribution is 2.45. The summed E-state index contributed by atoms with van der Waals surface area (Å²) in [5.41, 5.74) is 1.88. The molecule has 2 aromatic heterocycles. The maximum atomic E-state index is 13.2. The minimum Gasteiger partial charge on any atom is -0.508 e. The quantitative estimate of drug-likeness (QED) is 0.389. The van der Waals surface area contributed by atoms with Gasteiger partial charge in [-0.1, -0.05) is 12.1 Å². The van der Waals surface area contributed by atoms with Gasteiger partial charge in [0, 0.05) is 29.9 Å². The smallest absolute Gasteiger partial charge is 0.312 e. The Morgan fingerprint density at radius 1 is 1.00 bits per heavy atom. The van der Waals surface area contributed by atoms with Crippen molar-refractivity contribution in [3.8, 4) is 28.4 Å². The van der Waals surface area contributed by atoms with Crippen LogP contribution in [-0.4, -0.2) is 21.2 Å². The molecule has 0 amide bonds. The van der Waals surface area contributed by atoms with Crippen molar-refractivity contribution in [1.82, 2.24) is 4.98 Å². The summed E-state index contributed by atoms with van der Waals surface area (Å²) in [4.78, 5) is 29.4. The van der Waals surface area contributed by atoms with Crippen molar-refractivity contribution < 1.29 is 24.2 Å². The van der Waals surface area contributed by atoms with E-state index in [0.717, 1.165) is 5.56 Å². The molecule has 3 heterocycles. The molecule has 0 saturated carbocycles. The molecule has 148 valence electrons. The molecule has 2 N–H and O–H groups in total. The van der Waals surface area contributed by atoms with Crippen molar-refractivity contribution in [3.63, 3.8) is 0 Å². The van der Waals surface area contributed by atoms with Crippen LogP contribution in [-0.2, 0) is 4.79 Å². The molecule has 1 aliphatic heterocycles. The molecule has 0 fully saturated rings. The van der Waals surface area contributed by atoms with E-state index >= 15 is 0 Å². The number of nitrogens with zero attached hydrogens (tertiary/aromatic N) is 1. The number of carbonyl (C=O) groups excluding carboxylic acids is 1. The van der Waals surface area contributed by atoms with E-state index < -0.39 is 17.3 Å². The first-order chi connectivity index (χ1) is 14.5. The van der Waals surface area contributed by atoms with Crippen molar-refractivity contribution in [3.05, 3.63) is 82.5 Å². The molecule has 5 rings (SSSR count). The Hall–Kier alpha value is -4.13. The topological polar surface area (TPSA) is 110 Å². The number of benzene rings is 2. The van der Waals surface area contributed by atoms with E-state index in [-0.39, 0.29) is 40.2 Å². The predicted molar refractivity (Wildman–Crippen MR) is 108 cm³/mol. The van der Waals surface area contributed by atoms with Gasteiger partial charge in [0.2, 0.25) is 5.43 Å². The lowest BCUT2D eigenvalue weighted by atomic mass is 9.85. The summed E-state index contributed by atoms with van der Waals surface area (Å²) in [5, 5.41) is 20.1. The molecule has 0 spiro atoms. The van der Waals surface area contributed by atoms with E-state index in [2.05, 4.69) is 4.98 Å². The predicted octanol–water partition coefficient (Wildman–Crippen LogP) is 3.71. The number of pyridine rings is 1. The van der Waals surface area contributed by atoms with Crippen molar-refractivity contribution in [2.75, 3.05) is 0 Å². The lowest BCUT2D eigenvalue weighted by Crippen LogP contribution is -2.22. The fraction of sp³-hybridized carbons (Fsp3) is 0.0870. The average Bonchev–Trinajstić information content (AvgIpc) is 2.74. The number of esters is 1. The van der Waals surface area contributed by atoms with E-state index in [1.807, 2.05) is 0 Å². The SMILES string of the molecule is O=C1C[C@H](c2ccncc2)c2c(cc(O)c3c(=O)c(-c4ccc(O)cc4)coc23)O1. The van der Waals surface area contributed by atoms with Crippen LogP contribution in [0.1, 0.15) is 23.5 Å². The first kappa shape index (κ1) is 17.9. The minimum atomic E-state index is -0.439. The van der Waals surface area contributed by atoms with Gasteiger partial charge in [-0.15, -0.1) is 0 Å². The maximum Gasteiger partial charge on any atom is 0.312 e. The molecule has 1 aliphatic rings. The van der Waals surface area contributed by atoms with Gasteiger partial charge in [0.05, 0.1) is 12.0 Å². The molecule has 0 aliphatic carbocycles. The largest absolute Gasteiger partial charge is 0.508 e. The van der Waals surface area contributed by atoms with Crippen LogP contribution in [0.4, 0.5) is 0 Å². The third-order valence-corrected chi connectivity index (χ3v) is 5.26. The summed E-state index contributed by atoms with van der Waals surface area (Å²) < 4.78 is 11.2. The fourth-order valence-electron chi connectivity index (χ4n) is 3.85. The monoisotopic (exact) mass is 401 g/mol. The van der Waals surface area contributed by atoms with Crippen LogP contribution in [0.2, 0.25) is 0 Å². The number of phenols is 2. The Kier molecular flexibility index (Phi) is 4.03. The molecular formula is C23H15NO6. The molecule has 7 heteroatoms. The third kappa shape index (κ3) is 2.79. The van der Waals surface area contributed by atoms with Crippen molar-refractivity contribution in [1.29, 1.82) is 0 Å². The van der Waals surface area contributed by atoms with Crippen LogP contribution in [0, 0.1) is 0 Å². The van der Waals surface area contributed by atoms with Crippen LogP contribution in [0.15, 0.2) is 70.3 Å². The molecule has 2 aromatic carbocycles. The van der Waals surface area contributed by atoms with Crippen molar-refractivity contribution in [2.24, 2.45) is 0 Å². The number of phenolic OH excluding ortho intramolecular Hbond substituents is 2. The lowest BCUT2D eigenvalue weighted by Gasteiger charge is -2.25. The number of ether oxygens (including phenoxy) is 1. The molecule has 1 atom stereocenters. The zero-order chi connectivity index (χ0) is 20.8. The molecule has 0 unspecified atom stereocenters. The summed E-state index contributed by atoms with van der Waals surface area (Å²) >= 11 is 0. The summed E-state index contributed by atoms with van der Waals surface area (Å²) in [5.74, 6) is -0.941. The average molecular weight is 401 g/mol. The van der Waals surface area contributed by atoms with Gasteiger partial charge >= 0.3 is 5.97 Å². The summed E-state index contributed by atoms with van der Waals surface area (Å²) in [6.07, 6.45) is 4.63. The Balaban J connectivity index is 1.79. The van der Waals surface area contributed by atoms with Crippen LogP contribution in [0.25, 0.3) is 22.1 Å². The summed E-state index contributed by atoms with van der Waals surface area (Å²) in [7, 11) is 0. The number of aromatic nitrogens is 1. The molecule has 4 aromatic rings. The lowest BCUT2D eigenvalue weighted by molar-refractivity contribution is -0.135. The number of fused-ring (bicyclic) bond motifs is 3. The Bertz CT molecular complexity index is 1340. The highest BCUT2D eigenvalue weighted by Gasteiger charge is 2.33. The Labute approximate surface area is 169 Å². The van der Waals surface area contributed by atoms with Crippen LogP contribution in [0.5, 0.6) is 17.2 Å². The first-order valence-electron chi connectivity index (χ1n) is 9.24. The van der Waals surface area contributed by atoms with Gasteiger partial charge in [0.25, 0.3) is 0 Å². The fourth-order valence-corrected chi connectivity index (χ4v) is 3.85. The molecular weight excluding hydrogens is 386 g/mol. The highest BCUT2D eigenvalue weighted by molar-refractivity contribution is 5.94. The van der Waals surface area contributed by atoms with Gasteiger partial charge in [-0.05, 0) is 35.4 Å². The zero-order valence-corrected chi connectivity index (χ0v) is 15.5. The first-order valence-corrected chi connectivity index (χ1v) is 9.24. The maximum absolute atomic E-state index is 13.2. The van der Waals surface area contributed by atoms with Gasteiger partial charge in [-0.2, -0.15) is 0 Å². The van der Waals surface area contributed by atoms with Crippen molar-refractivity contribution >= 4 is 16.9 Å². The normalized spacial score (nSPS) is 15.6. The third-order valence-electron chi connectivity index (χ3n) is 5.26. The molecule has 30 heavy (non-hydrogen) atoms. The van der Waals surface area contributed by atoms with Gasteiger partial charge in [0.15, 0.2) is 0 Å². The van der Waals surface area contributed by atoms with Crippen molar-refractivity contribution in [2.45, 2.75) is 12.3 Å². The highest BCUT2D eigenvalue weighted by atomic mass is 16.5. The van der Waals surface area contributed by atoms with Crippen LogP contribution < -0.4 is 10.2 Å². The zero-order valence-electron chi connectivity index (χ0n) is 15.5. The Morgan fingerprint density at radius 3 is 2.47 bits per heavy atom. The van der Waals surface area contributed by atoms with E-state index in [1.54, 1.807) is 36.7 Å². The Morgan fingerprint density at radius 2 is 1.73 bits per heavy atom. The van der Waals surface area contributed by atoms with E-state index in [9.17, 15) is 19.8 Å². The minimum absolute atomic E-state index is 0.0105. The van der Waals surface area contributed by atoms with Gasteiger partial charge in [-0.25, -0.2) is 0 Å². The van der Waals surface area contributed by atoms with E-state index in [4.69, 9.17) is 9.15 Å². The second-order valence-corrected chi connectivity index (χ2v) is 7.05. The molecule has 0 radical (unpaired) electrons.